The molecule has 3 heterocycles. The fraction of sp³-hybridized carbons (Fsp3) is 0.737. The maximum absolute atomic E-state index is 10.5. The molecule has 0 amide bonds. The monoisotopic (exact) mass is 424 g/mol. The smallest absolute Gasteiger partial charge is 0.226 e. The van der Waals surface area contributed by atoms with Gasteiger partial charge in [-0.3, -0.25) is 4.57 Å². The van der Waals surface area contributed by atoms with Gasteiger partial charge in [0.2, 0.25) is 5.28 Å². The summed E-state index contributed by atoms with van der Waals surface area (Å²) in [5.41, 5.74) is 1.05. The van der Waals surface area contributed by atoms with Crippen molar-refractivity contribution in [3.63, 3.8) is 0 Å². The highest BCUT2D eigenvalue weighted by Gasteiger charge is 2.44. The van der Waals surface area contributed by atoms with Crippen molar-refractivity contribution < 1.29 is 14.9 Å². The number of imidazole rings is 1. The first kappa shape index (κ1) is 20.7. The average Bonchev–Trinajstić information content (AvgIpc) is 3.37. The number of halogens is 1. The van der Waals surface area contributed by atoms with E-state index in [4.69, 9.17) is 16.3 Å². The Kier molecular flexibility index (Phi) is 6.21. The molecule has 0 bridgehead atoms. The molecule has 0 spiro atoms. The molecule has 10 heteroatoms. The number of rotatable bonds is 7. The molecular weight excluding hydrogens is 396 g/mol. The molecule has 2 aromatic heterocycles. The first-order valence-corrected chi connectivity index (χ1v) is 10.7. The van der Waals surface area contributed by atoms with Crippen LogP contribution in [0.4, 0.5) is 5.82 Å². The molecule has 2 unspecified atom stereocenters. The molecule has 0 radical (unpaired) electrons. The number of fused-ring (bicyclic) bond motifs is 1. The van der Waals surface area contributed by atoms with E-state index in [1.807, 2.05) is 0 Å². The Balaban J connectivity index is 1.59. The molecule has 6 atom stereocenters. The molecule has 1 aliphatic carbocycles. The van der Waals surface area contributed by atoms with Gasteiger partial charge in [0.1, 0.15) is 18.3 Å². The summed E-state index contributed by atoms with van der Waals surface area (Å²) in [4.78, 5) is 13.1. The van der Waals surface area contributed by atoms with Crippen molar-refractivity contribution in [3.8, 4) is 0 Å². The summed E-state index contributed by atoms with van der Waals surface area (Å²) in [6, 6.07) is 0.334. The normalized spacial score (nSPS) is 32.3. The standard InChI is InChI=1S/C19H29ClN6O3/c1-3-4-10-5-6-11(7-10)23-16-13-17(25-19(20)24-16)26(9-22-13)18-15(28)14(27)12(29-18)8-21-2/h9-12,14-15,18,21,27-28H,3-8H2,1-2H3,(H,23,24,25)/t10?,11?,12-,14-,15-,18-/m1/s1. The van der Waals surface area contributed by atoms with Crippen LogP contribution >= 0.6 is 11.6 Å². The highest BCUT2D eigenvalue weighted by atomic mass is 35.5. The minimum absolute atomic E-state index is 0.102. The molecular formula is C19H29ClN6O3. The number of anilines is 1. The average molecular weight is 425 g/mol. The Morgan fingerprint density at radius 3 is 2.86 bits per heavy atom. The zero-order valence-electron chi connectivity index (χ0n) is 16.8. The molecule has 1 saturated carbocycles. The van der Waals surface area contributed by atoms with Crippen LogP contribution < -0.4 is 10.6 Å². The molecule has 2 fully saturated rings. The van der Waals surface area contributed by atoms with E-state index in [9.17, 15) is 10.2 Å². The zero-order chi connectivity index (χ0) is 20.5. The fourth-order valence-electron chi connectivity index (χ4n) is 4.58. The number of likely N-dealkylation sites (N-methyl/N-ethyl adjacent to an activating group) is 1. The molecule has 4 rings (SSSR count). The lowest BCUT2D eigenvalue weighted by molar-refractivity contribution is -0.0337. The molecule has 0 aromatic carbocycles. The second-order valence-corrected chi connectivity index (χ2v) is 8.42. The van der Waals surface area contributed by atoms with Crippen molar-refractivity contribution in [2.45, 2.75) is 69.6 Å². The molecule has 1 saturated heterocycles. The number of ether oxygens (including phenoxy) is 1. The van der Waals surface area contributed by atoms with Crippen LogP contribution in [0.1, 0.15) is 45.3 Å². The van der Waals surface area contributed by atoms with E-state index in [1.54, 1.807) is 17.9 Å². The van der Waals surface area contributed by atoms with E-state index in [0.717, 1.165) is 18.8 Å². The Morgan fingerprint density at radius 1 is 1.28 bits per heavy atom. The van der Waals surface area contributed by atoms with Crippen LogP contribution in [-0.2, 0) is 4.74 Å². The van der Waals surface area contributed by atoms with Crippen molar-refractivity contribution in [3.05, 3.63) is 11.6 Å². The van der Waals surface area contributed by atoms with Crippen molar-refractivity contribution >= 4 is 28.6 Å². The lowest BCUT2D eigenvalue weighted by Gasteiger charge is -2.17. The van der Waals surface area contributed by atoms with Crippen LogP contribution in [-0.4, -0.2) is 67.7 Å². The van der Waals surface area contributed by atoms with Crippen LogP contribution in [0, 0.1) is 5.92 Å². The predicted molar refractivity (Wildman–Crippen MR) is 110 cm³/mol. The molecule has 9 nitrogen and oxygen atoms in total. The van der Waals surface area contributed by atoms with Gasteiger partial charge in [0.15, 0.2) is 23.2 Å². The third-order valence-corrected chi connectivity index (χ3v) is 6.16. The van der Waals surface area contributed by atoms with Gasteiger partial charge >= 0.3 is 0 Å². The summed E-state index contributed by atoms with van der Waals surface area (Å²) in [7, 11) is 1.77. The summed E-state index contributed by atoms with van der Waals surface area (Å²) in [5, 5.41) is 27.3. The lowest BCUT2D eigenvalue weighted by Crippen LogP contribution is -2.36. The zero-order valence-corrected chi connectivity index (χ0v) is 17.5. The Hall–Kier alpha value is -1.52. The lowest BCUT2D eigenvalue weighted by atomic mass is 10.0. The van der Waals surface area contributed by atoms with Gasteiger partial charge in [-0.25, -0.2) is 4.98 Å². The minimum atomic E-state index is -1.10. The van der Waals surface area contributed by atoms with Gasteiger partial charge in [0.05, 0.1) is 6.33 Å². The maximum atomic E-state index is 10.5. The molecule has 1 aliphatic heterocycles. The van der Waals surface area contributed by atoms with Crippen LogP contribution in [0.2, 0.25) is 5.28 Å². The first-order chi connectivity index (χ1) is 14.0. The van der Waals surface area contributed by atoms with Gasteiger partial charge in [-0.1, -0.05) is 19.8 Å². The fourth-order valence-corrected chi connectivity index (χ4v) is 4.74. The quantitative estimate of drug-likeness (QED) is 0.496. The molecule has 2 aromatic rings. The van der Waals surface area contributed by atoms with E-state index >= 15 is 0 Å². The summed E-state index contributed by atoms with van der Waals surface area (Å²) in [6.45, 7) is 2.64. The molecule has 4 N–H and O–H groups in total. The number of aromatic nitrogens is 4. The van der Waals surface area contributed by atoms with Crippen LogP contribution in [0.25, 0.3) is 11.2 Å². The summed E-state index contributed by atoms with van der Waals surface area (Å²) in [6.07, 6.45) is 4.00. The van der Waals surface area contributed by atoms with Gasteiger partial charge in [-0.2, -0.15) is 9.97 Å². The number of aliphatic hydroxyl groups excluding tert-OH is 2. The van der Waals surface area contributed by atoms with Gasteiger partial charge in [-0.15, -0.1) is 0 Å². The topological polar surface area (TPSA) is 117 Å². The Morgan fingerprint density at radius 2 is 2.10 bits per heavy atom. The Labute approximate surface area is 174 Å². The number of hydrogen-bond donors (Lipinski definition) is 4. The molecule has 2 aliphatic rings. The van der Waals surface area contributed by atoms with E-state index in [2.05, 4.69) is 32.5 Å². The van der Waals surface area contributed by atoms with Crippen LogP contribution in [0.15, 0.2) is 6.33 Å². The largest absolute Gasteiger partial charge is 0.387 e. The maximum Gasteiger partial charge on any atom is 0.226 e. The van der Waals surface area contributed by atoms with Gasteiger partial charge in [-0.05, 0) is 43.8 Å². The van der Waals surface area contributed by atoms with E-state index in [1.165, 1.54) is 19.3 Å². The second kappa shape index (κ2) is 8.69. The summed E-state index contributed by atoms with van der Waals surface area (Å²) in [5.74, 6) is 1.34. The number of aliphatic hydroxyl groups is 2. The summed E-state index contributed by atoms with van der Waals surface area (Å²) >= 11 is 6.20. The van der Waals surface area contributed by atoms with Crippen molar-refractivity contribution in [2.75, 3.05) is 18.9 Å². The van der Waals surface area contributed by atoms with Crippen LogP contribution in [0.3, 0.4) is 0 Å². The Bertz CT molecular complexity index is 849. The van der Waals surface area contributed by atoms with Crippen molar-refractivity contribution in [2.24, 2.45) is 5.92 Å². The van der Waals surface area contributed by atoms with Gasteiger partial charge < -0.3 is 25.6 Å². The minimum Gasteiger partial charge on any atom is -0.387 e. The van der Waals surface area contributed by atoms with Crippen LogP contribution in [0.5, 0.6) is 0 Å². The molecule has 160 valence electrons. The van der Waals surface area contributed by atoms with E-state index < -0.39 is 24.5 Å². The van der Waals surface area contributed by atoms with E-state index in [-0.39, 0.29) is 5.28 Å². The SMILES string of the molecule is CCCC1CCC(Nc2nc(Cl)nc3c2ncn3[C@@H]2O[C@H](CNC)[C@@H](O)[C@H]2O)C1. The van der Waals surface area contributed by atoms with E-state index in [0.29, 0.717) is 29.6 Å². The first-order valence-electron chi connectivity index (χ1n) is 10.3. The highest BCUT2D eigenvalue weighted by Crippen LogP contribution is 2.35. The van der Waals surface area contributed by atoms with Gasteiger partial charge in [0.25, 0.3) is 0 Å². The number of nitrogens with one attached hydrogen (secondary N) is 2. The summed E-state index contributed by atoms with van der Waals surface area (Å²) < 4.78 is 7.49. The van der Waals surface area contributed by atoms with Crippen molar-refractivity contribution in [1.82, 2.24) is 24.8 Å². The van der Waals surface area contributed by atoms with Crippen molar-refractivity contribution in [1.29, 1.82) is 0 Å². The third kappa shape index (κ3) is 4.06. The number of nitrogens with zero attached hydrogens (tertiary/aromatic N) is 4. The second-order valence-electron chi connectivity index (χ2n) is 8.08. The highest BCUT2D eigenvalue weighted by molar-refractivity contribution is 6.28. The number of hydrogen-bond acceptors (Lipinski definition) is 8. The van der Waals surface area contributed by atoms with Gasteiger partial charge in [0, 0.05) is 12.6 Å². The molecule has 29 heavy (non-hydrogen) atoms. The predicted octanol–water partition coefficient (Wildman–Crippen LogP) is 1.70. The third-order valence-electron chi connectivity index (χ3n) is 5.99.